The van der Waals surface area contributed by atoms with Crippen molar-refractivity contribution in [3.05, 3.63) is 28.2 Å². The molecular weight excluding hydrogens is 340 g/mol. The SMILES string of the molecule is Cc1cc(S(=O)(=O)NC(C)(CN)CC(C)C)ccc1Br. The van der Waals surface area contributed by atoms with Crippen LogP contribution < -0.4 is 10.5 Å². The third-order valence-electron chi connectivity index (χ3n) is 3.13. The molecule has 0 saturated carbocycles. The maximum absolute atomic E-state index is 12.5. The first-order valence-corrected chi connectivity index (χ1v) is 8.87. The molecule has 1 aromatic rings. The standard InChI is InChI=1S/C14H23BrN2O2S/c1-10(2)8-14(4,9-16)17-20(18,19)12-5-6-13(15)11(3)7-12/h5-7,10,17H,8-9,16H2,1-4H3. The van der Waals surface area contributed by atoms with Gasteiger partial charge in [0.15, 0.2) is 0 Å². The fourth-order valence-corrected chi connectivity index (χ4v) is 3.99. The number of halogens is 1. The smallest absolute Gasteiger partial charge is 0.241 e. The van der Waals surface area contributed by atoms with Crippen LogP contribution in [0.1, 0.15) is 32.8 Å². The van der Waals surface area contributed by atoms with Gasteiger partial charge in [0.1, 0.15) is 0 Å². The maximum atomic E-state index is 12.5. The lowest BCUT2D eigenvalue weighted by Crippen LogP contribution is -2.51. The van der Waals surface area contributed by atoms with Gasteiger partial charge in [-0.25, -0.2) is 13.1 Å². The van der Waals surface area contributed by atoms with Gasteiger partial charge in [-0.1, -0.05) is 29.8 Å². The van der Waals surface area contributed by atoms with Gasteiger partial charge in [-0.3, -0.25) is 0 Å². The predicted molar refractivity (Wildman–Crippen MR) is 86.1 cm³/mol. The average molecular weight is 363 g/mol. The molecule has 0 spiro atoms. The summed E-state index contributed by atoms with van der Waals surface area (Å²) in [4.78, 5) is 0.265. The molecule has 1 rings (SSSR count). The molecule has 0 aromatic heterocycles. The van der Waals surface area contributed by atoms with Crippen LogP contribution in [0.4, 0.5) is 0 Å². The van der Waals surface area contributed by atoms with E-state index in [-0.39, 0.29) is 11.4 Å². The van der Waals surface area contributed by atoms with E-state index in [1.165, 1.54) is 0 Å². The summed E-state index contributed by atoms with van der Waals surface area (Å²) in [6.07, 6.45) is 0.693. The first-order chi connectivity index (χ1) is 9.09. The average Bonchev–Trinajstić information content (AvgIpc) is 2.30. The van der Waals surface area contributed by atoms with Gasteiger partial charge in [0.25, 0.3) is 0 Å². The van der Waals surface area contributed by atoms with Crippen molar-refractivity contribution in [3.8, 4) is 0 Å². The topological polar surface area (TPSA) is 72.2 Å². The second-order valence-corrected chi connectivity index (χ2v) is 8.42. The number of nitrogens with two attached hydrogens (primary N) is 1. The van der Waals surface area contributed by atoms with E-state index < -0.39 is 15.6 Å². The van der Waals surface area contributed by atoms with E-state index in [4.69, 9.17) is 5.73 Å². The summed E-state index contributed by atoms with van der Waals surface area (Å²) in [5.41, 5.74) is 6.01. The molecule has 0 aliphatic carbocycles. The molecule has 1 atom stereocenters. The van der Waals surface area contributed by atoms with Crippen LogP contribution in [0, 0.1) is 12.8 Å². The van der Waals surface area contributed by atoms with Crippen LogP contribution in [0.15, 0.2) is 27.6 Å². The lowest BCUT2D eigenvalue weighted by molar-refractivity contribution is 0.344. The molecule has 6 heteroatoms. The Hall–Kier alpha value is -0.430. The largest absolute Gasteiger partial charge is 0.329 e. The highest BCUT2D eigenvalue weighted by molar-refractivity contribution is 9.10. The lowest BCUT2D eigenvalue weighted by Gasteiger charge is -2.30. The van der Waals surface area contributed by atoms with Crippen LogP contribution in [0.5, 0.6) is 0 Å². The van der Waals surface area contributed by atoms with Gasteiger partial charge in [-0.05, 0) is 49.9 Å². The van der Waals surface area contributed by atoms with Gasteiger partial charge in [-0.2, -0.15) is 0 Å². The number of aryl methyl sites for hydroxylation is 1. The summed E-state index contributed by atoms with van der Waals surface area (Å²) in [6.45, 7) is 8.06. The minimum Gasteiger partial charge on any atom is -0.329 e. The third kappa shape index (κ3) is 4.55. The highest BCUT2D eigenvalue weighted by Gasteiger charge is 2.30. The van der Waals surface area contributed by atoms with Crippen molar-refractivity contribution in [2.75, 3.05) is 6.54 Å². The second kappa shape index (κ2) is 6.56. The van der Waals surface area contributed by atoms with Gasteiger partial charge in [0.05, 0.1) is 4.90 Å². The molecule has 4 nitrogen and oxygen atoms in total. The molecule has 0 amide bonds. The number of benzene rings is 1. The molecule has 0 fully saturated rings. The molecule has 0 saturated heterocycles. The van der Waals surface area contributed by atoms with Gasteiger partial charge in [0, 0.05) is 16.6 Å². The van der Waals surface area contributed by atoms with Crippen LogP contribution in [-0.4, -0.2) is 20.5 Å². The van der Waals surface area contributed by atoms with Crippen molar-refractivity contribution in [3.63, 3.8) is 0 Å². The maximum Gasteiger partial charge on any atom is 0.241 e. The highest BCUT2D eigenvalue weighted by atomic mass is 79.9. The molecule has 3 N–H and O–H groups in total. The Labute approximate surface area is 130 Å². The third-order valence-corrected chi connectivity index (χ3v) is 5.66. The van der Waals surface area contributed by atoms with Crippen molar-refractivity contribution in [1.29, 1.82) is 0 Å². The summed E-state index contributed by atoms with van der Waals surface area (Å²) in [6, 6.07) is 4.98. The van der Waals surface area contributed by atoms with Crippen LogP contribution in [0.3, 0.4) is 0 Å². The van der Waals surface area contributed by atoms with Crippen molar-refractivity contribution < 1.29 is 8.42 Å². The van der Waals surface area contributed by atoms with Crippen molar-refractivity contribution >= 4 is 26.0 Å². The molecule has 1 aromatic carbocycles. The first-order valence-electron chi connectivity index (χ1n) is 6.60. The van der Waals surface area contributed by atoms with Crippen LogP contribution in [0.2, 0.25) is 0 Å². The highest BCUT2D eigenvalue weighted by Crippen LogP contribution is 2.23. The minimum atomic E-state index is -3.57. The van der Waals surface area contributed by atoms with Crippen molar-refractivity contribution in [2.45, 2.75) is 44.6 Å². The van der Waals surface area contributed by atoms with E-state index >= 15 is 0 Å². The number of hydrogen-bond acceptors (Lipinski definition) is 3. The molecule has 0 radical (unpaired) electrons. The Balaban J connectivity index is 3.07. The molecule has 0 heterocycles. The molecule has 1 unspecified atom stereocenters. The fourth-order valence-electron chi connectivity index (χ4n) is 2.24. The number of rotatable bonds is 6. The van der Waals surface area contributed by atoms with Crippen LogP contribution in [0.25, 0.3) is 0 Å². The Morgan fingerprint density at radius 2 is 2.00 bits per heavy atom. The molecule has 0 aliphatic rings. The Morgan fingerprint density at radius 3 is 2.45 bits per heavy atom. The Bertz CT molecular complexity index is 573. The summed E-state index contributed by atoms with van der Waals surface area (Å²) in [5.74, 6) is 0.359. The van der Waals surface area contributed by atoms with Gasteiger partial charge < -0.3 is 5.73 Å². The molecule has 0 bridgehead atoms. The van der Waals surface area contributed by atoms with E-state index in [2.05, 4.69) is 20.7 Å². The second-order valence-electron chi connectivity index (χ2n) is 5.88. The Kier molecular flexibility index (Phi) is 5.78. The summed E-state index contributed by atoms with van der Waals surface area (Å²) in [7, 11) is -3.57. The molecular formula is C14H23BrN2O2S. The Morgan fingerprint density at radius 1 is 1.40 bits per heavy atom. The zero-order valence-electron chi connectivity index (χ0n) is 12.4. The van der Waals surface area contributed by atoms with Gasteiger partial charge in [0.2, 0.25) is 10.0 Å². The fraction of sp³-hybridized carbons (Fsp3) is 0.571. The molecule has 20 heavy (non-hydrogen) atoms. The zero-order chi connectivity index (χ0) is 15.6. The zero-order valence-corrected chi connectivity index (χ0v) is 14.8. The monoisotopic (exact) mass is 362 g/mol. The van der Waals surface area contributed by atoms with Gasteiger partial charge >= 0.3 is 0 Å². The van der Waals surface area contributed by atoms with E-state index in [9.17, 15) is 8.42 Å². The first kappa shape index (κ1) is 17.6. The summed E-state index contributed by atoms with van der Waals surface area (Å²) in [5, 5.41) is 0. The van der Waals surface area contributed by atoms with Crippen LogP contribution >= 0.6 is 15.9 Å². The number of nitrogens with one attached hydrogen (secondary N) is 1. The van der Waals surface area contributed by atoms with E-state index in [1.807, 2.05) is 27.7 Å². The normalized spacial score (nSPS) is 15.3. The van der Waals surface area contributed by atoms with E-state index in [0.717, 1.165) is 10.0 Å². The van der Waals surface area contributed by atoms with E-state index in [0.29, 0.717) is 12.3 Å². The quantitative estimate of drug-likeness (QED) is 0.816. The van der Waals surface area contributed by atoms with E-state index in [1.54, 1.807) is 18.2 Å². The van der Waals surface area contributed by atoms with Crippen LogP contribution in [-0.2, 0) is 10.0 Å². The minimum absolute atomic E-state index is 0.264. The van der Waals surface area contributed by atoms with Crippen molar-refractivity contribution in [2.24, 2.45) is 11.7 Å². The number of hydrogen-bond donors (Lipinski definition) is 2. The molecule has 114 valence electrons. The number of sulfonamides is 1. The van der Waals surface area contributed by atoms with Crippen molar-refractivity contribution in [1.82, 2.24) is 4.72 Å². The summed E-state index contributed by atoms with van der Waals surface area (Å²) >= 11 is 3.37. The summed E-state index contributed by atoms with van der Waals surface area (Å²) < 4.78 is 28.6. The lowest BCUT2D eigenvalue weighted by atomic mass is 9.92. The van der Waals surface area contributed by atoms with Gasteiger partial charge in [-0.15, -0.1) is 0 Å². The molecule has 0 aliphatic heterocycles. The predicted octanol–water partition coefficient (Wildman–Crippen LogP) is 2.80.